The Labute approximate surface area is 94.3 Å². The molecule has 0 unspecified atom stereocenters. The molecule has 0 aromatic carbocycles. The molecule has 0 aliphatic carbocycles. The second kappa shape index (κ2) is 8.96. The molecule has 15 heavy (non-hydrogen) atoms. The van der Waals surface area contributed by atoms with Crippen LogP contribution in [0.1, 0.15) is 13.8 Å². The number of carboxylic acid groups (broad SMARTS) is 1. The van der Waals surface area contributed by atoms with Gasteiger partial charge in [0, 0.05) is 24.7 Å². The van der Waals surface area contributed by atoms with Crippen LogP contribution < -0.4 is 5.73 Å². The predicted molar refractivity (Wildman–Crippen MR) is 60.0 cm³/mol. The number of hydrogen-bond acceptors (Lipinski definition) is 5. The van der Waals surface area contributed by atoms with Gasteiger partial charge in [0.15, 0.2) is 6.29 Å². The van der Waals surface area contributed by atoms with Crippen molar-refractivity contribution in [3.8, 4) is 0 Å². The molecule has 0 heterocycles. The van der Waals surface area contributed by atoms with Gasteiger partial charge in [0.25, 0.3) is 0 Å². The highest BCUT2D eigenvalue weighted by Crippen LogP contribution is 2.08. The number of thioether (sulfide) groups is 1. The lowest BCUT2D eigenvalue weighted by molar-refractivity contribution is -0.138. The third kappa shape index (κ3) is 7.61. The first-order valence-corrected chi connectivity index (χ1v) is 6.06. The summed E-state index contributed by atoms with van der Waals surface area (Å²) < 4.78 is 10.6. The number of carbonyl (C=O) groups is 1. The largest absolute Gasteiger partial charge is 0.480 e. The van der Waals surface area contributed by atoms with Crippen LogP contribution in [-0.2, 0) is 14.3 Å². The van der Waals surface area contributed by atoms with Gasteiger partial charge in [0.1, 0.15) is 6.04 Å². The summed E-state index contributed by atoms with van der Waals surface area (Å²) in [6.07, 6.45) is -0.272. The van der Waals surface area contributed by atoms with Crippen LogP contribution in [0.3, 0.4) is 0 Å². The van der Waals surface area contributed by atoms with E-state index < -0.39 is 12.0 Å². The minimum Gasteiger partial charge on any atom is -0.480 e. The van der Waals surface area contributed by atoms with E-state index in [1.807, 2.05) is 13.8 Å². The Morgan fingerprint density at radius 1 is 1.33 bits per heavy atom. The Morgan fingerprint density at radius 3 is 2.27 bits per heavy atom. The molecule has 0 spiro atoms. The summed E-state index contributed by atoms with van der Waals surface area (Å²) in [5.41, 5.74) is 5.35. The van der Waals surface area contributed by atoms with Crippen molar-refractivity contribution in [2.75, 3.05) is 24.7 Å². The van der Waals surface area contributed by atoms with Crippen molar-refractivity contribution in [2.24, 2.45) is 5.73 Å². The van der Waals surface area contributed by atoms with Crippen molar-refractivity contribution in [2.45, 2.75) is 26.2 Å². The van der Waals surface area contributed by atoms with Crippen LogP contribution in [0.25, 0.3) is 0 Å². The number of ether oxygens (including phenoxy) is 2. The Kier molecular flexibility index (Phi) is 8.79. The lowest BCUT2D eigenvalue weighted by Gasteiger charge is -2.16. The first kappa shape index (κ1) is 14.7. The maximum absolute atomic E-state index is 10.4. The maximum Gasteiger partial charge on any atom is 0.321 e. The molecule has 0 rings (SSSR count). The molecule has 0 radical (unpaired) electrons. The van der Waals surface area contributed by atoms with Gasteiger partial charge in [0.2, 0.25) is 0 Å². The highest BCUT2D eigenvalue weighted by molar-refractivity contribution is 7.99. The van der Waals surface area contributed by atoms with Crippen molar-refractivity contribution in [3.05, 3.63) is 0 Å². The number of aliphatic carboxylic acids is 1. The summed E-state index contributed by atoms with van der Waals surface area (Å²) in [5, 5.41) is 8.55. The molecule has 0 saturated heterocycles. The Hall–Kier alpha value is -0.300. The molecule has 0 aliphatic rings. The SMILES string of the molecule is CCOC(CSC[C@H](N)C(=O)O)OCC. The standard InChI is InChI=1S/C9H19NO4S/c1-3-13-8(14-4-2)6-15-5-7(10)9(11)12/h7-8H,3-6,10H2,1-2H3,(H,11,12)/t7-/m0/s1. The number of nitrogens with two attached hydrogens (primary N) is 1. The number of carboxylic acids is 1. The minimum atomic E-state index is -0.980. The van der Waals surface area contributed by atoms with Gasteiger partial charge in [-0.2, -0.15) is 11.8 Å². The molecule has 90 valence electrons. The fraction of sp³-hybridized carbons (Fsp3) is 0.889. The van der Waals surface area contributed by atoms with Crippen LogP contribution in [0.15, 0.2) is 0 Å². The zero-order chi connectivity index (χ0) is 11.7. The topological polar surface area (TPSA) is 81.8 Å². The van der Waals surface area contributed by atoms with Gasteiger partial charge in [-0.3, -0.25) is 4.79 Å². The quantitative estimate of drug-likeness (QED) is 0.569. The summed E-state index contributed by atoms with van der Waals surface area (Å²) >= 11 is 1.42. The van der Waals surface area contributed by atoms with Gasteiger partial charge in [-0.15, -0.1) is 0 Å². The van der Waals surface area contributed by atoms with Crippen molar-refractivity contribution in [1.29, 1.82) is 0 Å². The van der Waals surface area contributed by atoms with Crippen LogP contribution in [0.2, 0.25) is 0 Å². The lowest BCUT2D eigenvalue weighted by Crippen LogP contribution is -2.33. The molecule has 0 amide bonds. The van der Waals surface area contributed by atoms with E-state index in [9.17, 15) is 4.79 Å². The first-order chi connectivity index (χ1) is 7.11. The highest BCUT2D eigenvalue weighted by atomic mass is 32.2. The highest BCUT2D eigenvalue weighted by Gasteiger charge is 2.13. The second-order valence-corrected chi connectivity index (χ2v) is 3.90. The lowest BCUT2D eigenvalue weighted by atomic mass is 10.4. The second-order valence-electron chi connectivity index (χ2n) is 2.82. The van der Waals surface area contributed by atoms with Gasteiger partial charge in [-0.25, -0.2) is 0 Å². The Morgan fingerprint density at radius 2 is 1.87 bits per heavy atom. The van der Waals surface area contributed by atoms with Crippen molar-refractivity contribution >= 4 is 17.7 Å². The molecule has 6 heteroatoms. The van der Waals surface area contributed by atoms with Gasteiger partial charge >= 0.3 is 5.97 Å². The van der Waals surface area contributed by atoms with Crippen LogP contribution >= 0.6 is 11.8 Å². The van der Waals surface area contributed by atoms with E-state index in [0.29, 0.717) is 24.7 Å². The first-order valence-electron chi connectivity index (χ1n) is 4.91. The molecular weight excluding hydrogens is 218 g/mol. The van der Waals surface area contributed by atoms with Crippen LogP contribution in [-0.4, -0.2) is 48.1 Å². The van der Waals surface area contributed by atoms with Crippen molar-refractivity contribution in [1.82, 2.24) is 0 Å². The normalized spacial score (nSPS) is 13.1. The van der Waals surface area contributed by atoms with Crippen LogP contribution in [0, 0.1) is 0 Å². The number of rotatable bonds is 9. The van der Waals surface area contributed by atoms with E-state index in [2.05, 4.69) is 0 Å². The predicted octanol–water partition coefficient (Wildman–Crippen LogP) is 0.531. The summed E-state index contributed by atoms with van der Waals surface area (Å²) in [6.45, 7) is 4.94. The van der Waals surface area contributed by atoms with E-state index in [4.69, 9.17) is 20.3 Å². The molecule has 0 aromatic heterocycles. The van der Waals surface area contributed by atoms with E-state index in [0.717, 1.165) is 0 Å². The van der Waals surface area contributed by atoms with Gasteiger partial charge in [-0.05, 0) is 13.8 Å². The van der Waals surface area contributed by atoms with Crippen molar-refractivity contribution < 1.29 is 19.4 Å². The smallest absolute Gasteiger partial charge is 0.321 e. The van der Waals surface area contributed by atoms with Crippen LogP contribution in [0.4, 0.5) is 0 Å². The summed E-state index contributed by atoms with van der Waals surface area (Å²) in [4.78, 5) is 10.4. The van der Waals surface area contributed by atoms with Crippen molar-refractivity contribution in [3.63, 3.8) is 0 Å². The third-order valence-electron chi connectivity index (χ3n) is 1.57. The van der Waals surface area contributed by atoms with Gasteiger partial charge in [-0.1, -0.05) is 0 Å². The summed E-state index contributed by atoms with van der Waals surface area (Å²) in [5.74, 6) is -0.0128. The molecule has 0 aromatic rings. The monoisotopic (exact) mass is 237 g/mol. The molecule has 0 saturated carbocycles. The zero-order valence-electron chi connectivity index (χ0n) is 9.14. The molecule has 1 atom stereocenters. The van der Waals surface area contributed by atoms with E-state index in [-0.39, 0.29) is 6.29 Å². The average molecular weight is 237 g/mol. The summed E-state index contributed by atoms with van der Waals surface area (Å²) in [7, 11) is 0. The fourth-order valence-corrected chi connectivity index (χ4v) is 1.80. The minimum absolute atomic E-state index is 0.272. The Balaban J connectivity index is 3.64. The molecule has 5 nitrogen and oxygen atoms in total. The van der Waals surface area contributed by atoms with E-state index in [1.165, 1.54) is 11.8 Å². The molecule has 0 bridgehead atoms. The van der Waals surface area contributed by atoms with E-state index in [1.54, 1.807) is 0 Å². The van der Waals surface area contributed by atoms with Gasteiger partial charge in [0.05, 0.1) is 0 Å². The maximum atomic E-state index is 10.4. The van der Waals surface area contributed by atoms with E-state index >= 15 is 0 Å². The zero-order valence-corrected chi connectivity index (χ0v) is 9.96. The van der Waals surface area contributed by atoms with Gasteiger partial charge < -0.3 is 20.3 Å². The molecule has 3 N–H and O–H groups in total. The Bertz CT molecular complexity index is 173. The molecule has 0 fully saturated rings. The summed E-state index contributed by atoms with van der Waals surface area (Å²) in [6, 6.07) is -0.820. The fourth-order valence-electron chi connectivity index (χ4n) is 0.879. The molecule has 0 aliphatic heterocycles. The third-order valence-corrected chi connectivity index (χ3v) is 2.68. The molecular formula is C9H19NO4S. The number of hydrogen-bond donors (Lipinski definition) is 2. The average Bonchev–Trinajstić information content (AvgIpc) is 2.18. The van der Waals surface area contributed by atoms with Crippen LogP contribution in [0.5, 0.6) is 0 Å².